The summed E-state index contributed by atoms with van der Waals surface area (Å²) in [5.41, 5.74) is 0. The van der Waals surface area contributed by atoms with Gasteiger partial charge in [-0.15, -0.1) is 0 Å². The van der Waals surface area contributed by atoms with Crippen LogP contribution in [0.25, 0.3) is 0 Å². The lowest BCUT2D eigenvalue weighted by molar-refractivity contribution is -0.145. The number of rotatable bonds is 7. The van der Waals surface area contributed by atoms with Gasteiger partial charge in [-0.3, -0.25) is 14.5 Å². The van der Waals surface area contributed by atoms with E-state index in [4.69, 9.17) is 4.52 Å². The van der Waals surface area contributed by atoms with Crippen molar-refractivity contribution in [3.05, 3.63) is 11.7 Å². The van der Waals surface area contributed by atoms with Gasteiger partial charge in [0, 0.05) is 5.92 Å². The van der Waals surface area contributed by atoms with E-state index in [9.17, 15) is 9.59 Å². The van der Waals surface area contributed by atoms with Gasteiger partial charge in [-0.2, -0.15) is 4.98 Å². The average Bonchev–Trinajstić information content (AvgIpc) is 3.19. The van der Waals surface area contributed by atoms with Crippen molar-refractivity contribution in [2.75, 3.05) is 27.3 Å². The van der Waals surface area contributed by atoms with Crippen LogP contribution >= 0.6 is 0 Å². The molecule has 0 radical (unpaired) electrons. The van der Waals surface area contributed by atoms with Gasteiger partial charge >= 0.3 is 11.9 Å². The lowest BCUT2D eigenvalue weighted by atomic mass is 10.4. The van der Waals surface area contributed by atoms with Gasteiger partial charge in [0.25, 0.3) is 0 Å². The standard InChI is InChI=1S/C12H17N3O5/c1-18-10(16)6-15(7-11(17)19-2)5-9-13-12(20-14-9)8-3-4-8/h8H,3-7H2,1-2H3. The zero-order chi connectivity index (χ0) is 14.5. The Balaban J connectivity index is 1.96. The summed E-state index contributed by atoms with van der Waals surface area (Å²) in [6, 6.07) is 0. The number of nitrogens with zero attached hydrogens (tertiary/aromatic N) is 3. The lowest BCUT2D eigenvalue weighted by Crippen LogP contribution is -2.35. The number of hydrogen-bond donors (Lipinski definition) is 0. The molecule has 0 saturated heterocycles. The van der Waals surface area contributed by atoms with Crippen molar-refractivity contribution in [2.45, 2.75) is 25.3 Å². The monoisotopic (exact) mass is 283 g/mol. The quantitative estimate of drug-likeness (QED) is 0.650. The number of aromatic nitrogens is 2. The molecule has 0 unspecified atom stereocenters. The van der Waals surface area contributed by atoms with Gasteiger partial charge in [0.05, 0.1) is 33.9 Å². The van der Waals surface area contributed by atoms with Gasteiger partial charge in [0.2, 0.25) is 5.89 Å². The molecule has 1 heterocycles. The van der Waals surface area contributed by atoms with Gasteiger partial charge in [-0.1, -0.05) is 5.16 Å². The molecule has 8 nitrogen and oxygen atoms in total. The second kappa shape index (κ2) is 6.47. The molecule has 0 aromatic carbocycles. The molecule has 0 aliphatic heterocycles. The molecule has 0 amide bonds. The van der Waals surface area contributed by atoms with Crippen LogP contribution in [0.5, 0.6) is 0 Å². The highest BCUT2D eigenvalue weighted by molar-refractivity contribution is 5.74. The lowest BCUT2D eigenvalue weighted by Gasteiger charge is -2.17. The van der Waals surface area contributed by atoms with Crippen molar-refractivity contribution >= 4 is 11.9 Å². The first kappa shape index (κ1) is 14.4. The molecule has 1 saturated carbocycles. The smallest absolute Gasteiger partial charge is 0.319 e. The number of ether oxygens (including phenoxy) is 2. The first-order valence-corrected chi connectivity index (χ1v) is 6.31. The van der Waals surface area contributed by atoms with Crippen molar-refractivity contribution in [3.63, 3.8) is 0 Å². The third-order valence-electron chi connectivity index (χ3n) is 2.94. The van der Waals surface area contributed by atoms with Crippen molar-refractivity contribution in [1.82, 2.24) is 15.0 Å². The van der Waals surface area contributed by atoms with Gasteiger partial charge in [0.1, 0.15) is 0 Å². The normalized spacial score (nSPS) is 14.3. The Bertz CT molecular complexity index is 465. The summed E-state index contributed by atoms with van der Waals surface area (Å²) in [6.07, 6.45) is 2.13. The molecule has 1 fully saturated rings. The van der Waals surface area contributed by atoms with Crippen LogP contribution in [0, 0.1) is 0 Å². The molecule has 20 heavy (non-hydrogen) atoms. The van der Waals surface area contributed by atoms with Crippen LogP contribution in [0.2, 0.25) is 0 Å². The van der Waals surface area contributed by atoms with Crippen LogP contribution in [0.3, 0.4) is 0 Å². The number of esters is 2. The van der Waals surface area contributed by atoms with Crippen molar-refractivity contribution in [2.24, 2.45) is 0 Å². The molecule has 0 bridgehead atoms. The van der Waals surface area contributed by atoms with Crippen molar-refractivity contribution < 1.29 is 23.6 Å². The molecule has 0 N–H and O–H groups in total. The second-order valence-electron chi connectivity index (χ2n) is 4.62. The van der Waals surface area contributed by atoms with Crippen LogP contribution in [0.15, 0.2) is 4.52 Å². The molecule has 0 atom stereocenters. The van der Waals surface area contributed by atoms with Gasteiger partial charge in [-0.05, 0) is 12.8 Å². The SMILES string of the molecule is COC(=O)CN(CC(=O)OC)Cc1noc(C2CC2)n1. The van der Waals surface area contributed by atoms with E-state index < -0.39 is 11.9 Å². The Morgan fingerprint density at radius 2 is 1.85 bits per heavy atom. The maximum absolute atomic E-state index is 11.3. The summed E-state index contributed by atoms with van der Waals surface area (Å²) in [5, 5.41) is 3.85. The molecular formula is C12H17N3O5. The fraction of sp³-hybridized carbons (Fsp3) is 0.667. The fourth-order valence-corrected chi connectivity index (χ4v) is 1.69. The van der Waals surface area contributed by atoms with Crippen LogP contribution in [0.4, 0.5) is 0 Å². The molecule has 110 valence electrons. The minimum atomic E-state index is -0.445. The largest absolute Gasteiger partial charge is 0.468 e. The summed E-state index contributed by atoms with van der Waals surface area (Å²) < 4.78 is 14.3. The maximum atomic E-state index is 11.3. The average molecular weight is 283 g/mol. The van der Waals surface area contributed by atoms with Crippen LogP contribution in [0.1, 0.15) is 30.5 Å². The summed E-state index contributed by atoms with van der Waals surface area (Å²) >= 11 is 0. The Hall–Kier alpha value is -1.96. The highest BCUT2D eigenvalue weighted by atomic mass is 16.5. The van der Waals surface area contributed by atoms with Crippen molar-refractivity contribution in [3.8, 4) is 0 Å². The Kier molecular flexibility index (Phi) is 4.67. The molecule has 2 rings (SSSR count). The highest BCUT2D eigenvalue weighted by Gasteiger charge is 2.30. The summed E-state index contributed by atoms with van der Waals surface area (Å²) in [4.78, 5) is 28.4. The van der Waals surface area contributed by atoms with Crippen molar-refractivity contribution in [1.29, 1.82) is 0 Å². The zero-order valence-corrected chi connectivity index (χ0v) is 11.5. The van der Waals surface area contributed by atoms with E-state index in [1.165, 1.54) is 14.2 Å². The van der Waals surface area contributed by atoms with E-state index >= 15 is 0 Å². The van der Waals surface area contributed by atoms with E-state index in [1.54, 1.807) is 4.90 Å². The minimum Gasteiger partial charge on any atom is -0.468 e. The number of carbonyl (C=O) groups excluding carboxylic acids is 2. The molecule has 8 heteroatoms. The molecular weight excluding hydrogens is 266 g/mol. The first-order valence-electron chi connectivity index (χ1n) is 6.31. The Morgan fingerprint density at radius 1 is 1.25 bits per heavy atom. The zero-order valence-electron chi connectivity index (χ0n) is 11.5. The summed E-state index contributed by atoms with van der Waals surface area (Å²) in [6.45, 7) is 0.137. The van der Waals surface area contributed by atoms with Gasteiger partial charge < -0.3 is 14.0 Å². The van der Waals surface area contributed by atoms with E-state index in [0.717, 1.165) is 12.8 Å². The molecule has 0 spiro atoms. The molecule has 1 aromatic rings. The molecule has 1 aliphatic rings. The topological polar surface area (TPSA) is 94.8 Å². The van der Waals surface area contributed by atoms with E-state index in [1.807, 2.05) is 0 Å². The van der Waals surface area contributed by atoms with Gasteiger partial charge in [-0.25, -0.2) is 0 Å². The van der Waals surface area contributed by atoms with Crippen LogP contribution in [-0.4, -0.2) is 54.3 Å². The number of methoxy groups -OCH3 is 2. The molecule has 1 aliphatic carbocycles. The Morgan fingerprint density at radius 3 is 2.35 bits per heavy atom. The summed E-state index contributed by atoms with van der Waals surface area (Å²) in [7, 11) is 2.58. The fourth-order valence-electron chi connectivity index (χ4n) is 1.69. The molecule has 1 aromatic heterocycles. The predicted molar refractivity (Wildman–Crippen MR) is 65.6 cm³/mol. The van der Waals surface area contributed by atoms with Gasteiger partial charge in [0.15, 0.2) is 5.82 Å². The maximum Gasteiger partial charge on any atom is 0.319 e. The van der Waals surface area contributed by atoms with Crippen LogP contribution < -0.4 is 0 Å². The number of hydrogen-bond acceptors (Lipinski definition) is 8. The second-order valence-corrected chi connectivity index (χ2v) is 4.62. The Labute approximate surface area is 116 Å². The highest BCUT2D eigenvalue weighted by Crippen LogP contribution is 2.38. The van der Waals surface area contributed by atoms with Crippen LogP contribution in [-0.2, 0) is 25.6 Å². The summed E-state index contributed by atoms with van der Waals surface area (Å²) in [5.74, 6) is 0.543. The third kappa shape index (κ3) is 4.02. The number of carbonyl (C=O) groups is 2. The van der Waals surface area contributed by atoms with E-state index in [0.29, 0.717) is 17.6 Å². The third-order valence-corrected chi connectivity index (χ3v) is 2.94. The predicted octanol–water partition coefficient (Wildman–Crippen LogP) is 0.0950. The van der Waals surface area contributed by atoms with E-state index in [-0.39, 0.29) is 19.6 Å². The minimum absolute atomic E-state index is 0.0428. The first-order chi connectivity index (χ1) is 9.62. The van der Waals surface area contributed by atoms with E-state index in [2.05, 4.69) is 19.6 Å².